The van der Waals surface area contributed by atoms with Crippen LogP contribution in [0.15, 0.2) is 27.8 Å². The largest absolute Gasteiger partial charge is 0.345 e. The van der Waals surface area contributed by atoms with Gasteiger partial charge in [0.1, 0.15) is 0 Å². The van der Waals surface area contributed by atoms with Crippen molar-refractivity contribution < 1.29 is 4.79 Å². The molecule has 0 radical (unpaired) electrons. The van der Waals surface area contributed by atoms with Gasteiger partial charge in [-0.3, -0.25) is 19.5 Å². The summed E-state index contributed by atoms with van der Waals surface area (Å²) in [5.41, 5.74) is 2.46. The second-order valence-electron chi connectivity index (χ2n) is 5.71. The summed E-state index contributed by atoms with van der Waals surface area (Å²) in [7, 11) is 0. The minimum absolute atomic E-state index is 0.221. The van der Waals surface area contributed by atoms with Crippen LogP contribution in [0.25, 0.3) is 11.0 Å². The van der Waals surface area contributed by atoms with Crippen LogP contribution in [0.3, 0.4) is 0 Å². The first kappa shape index (κ1) is 15.7. The van der Waals surface area contributed by atoms with Gasteiger partial charge in [0.2, 0.25) is 0 Å². The Balaban J connectivity index is 1.90. The molecule has 8 nitrogen and oxygen atoms in total. The summed E-state index contributed by atoms with van der Waals surface area (Å²) in [6.45, 7) is 5.65. The van der Waals surface area contributed by atoms with Crippen molar-refractivity contribution in [1.29, 1.82) is 0 Å². The van der Waals surface area contributed by atoms with Crippen LogP contribution in [0.4, 0.5) is 0 Å². The van der Waals surface area contributed by atoms with E-state index in [0.717, 1.165) is 17.0 Å². The van der Waals surface area contributed by atoms with Crippen LogP contribution in [0.2, 0.25) is 0 Å². The summed E-state index contributed by atoms with van der Waals surface area (Å²) in [6, 6.07) is 4.49. The van der Waals surface area contributed by atoms with Crippen molar-refractivity contribution >= 4 is 16.9 Å². The molecule has 1 atom stereocenters. The number of amides is 1. The summed E-state index contributed by atoms with van der Waals surface area (Å²) in [5.74, 6) is -0.281. The van der Waals surface area contributed by atoms with E-state index in [1.165, 1.54) is 6.07 Å². The molecule has 2 heterocycles. The Bertz CT molecular complexity index is 1020. The number of hydrogen-bond acceptors (Lipinski definition) is 4. The van der Waals surface area contributed by atoms with Gasteiger partial charge in [0.25, 0.3) is 5.91 Å². The van der Waals surface area contributed by atoms with Crippen LogP contribution in [-0.2, 0) is 0 Å². The van der Waals surface area contributed by atoms with Gasteiger partial charge in [-0.2, -0.15) is 5.10 Å². The molecule has 124 valence electrons. The van der Waals surface area contributed by atoms with E-state index in [9.17, 15) is 14.4 Å². The fraction of sp³-hybridized carbons (Fsp3) is 0.250. The van der Waals surface area contributed by atoms with Crippen molar-refractivity contribution in [2.24, 2.45) is 0 Å². The summed E-state index contributed by atoms with van der Waals surface area (Å²) in [4.78, 5) is 40.1. The van der Waals surface area contributed by atoms with Crippen LogP contribution in [0.1, 0.15) is 40.3 Å². The second kappa shape index (κ2) is 5.80. The van der Waals surface area contributed by atoms with E-state index in [2.05, 4.69) is 25.5 Å². The summed E-state index contributed by atoms with van der Waals surface area (Å²) in [6.07, 6.45) is 0. The molecule has 24 heavy (non-hydrogen) atoms. The first-order valence-corrected chi connectivity index (χ1v) is 7.45. The average molecular weight is 327 g/mol. The van der Waals surface area contributed by atoms with Gasteiger partial charge >= 0.3 is 11.1 Å². The van der Waals surface area contributed by atoms with Crippen molar-refractivity contribution in [3.63, 3.8) is 0 Å². The topological polar surface area (TPSA) is 123 Å². The quantitative estimate of drug-likeness (QED) is 0.537. The Morgan fingerprint density at radius 3 is 2.42 bits per heavy atom. The van der Waals surface area contributed by atoms with E-state index in [0.29, 0.717) is 16.6 Å². The molecule has 0 aliphatic rings. The molecule has 8 heteroatoms. The highest BCUT2D eigenvalue weighted by Gasteiger charge is 2.17. The van der Waals surface area contributed by atoms with E-state index in [1.807, 2.05) is 20.8 Å². The van der Waals surface area contributed by atoms with Gasteiger partial charge in [0.15, 0.2) is 0 Å². The van der Waals surface area contributed by atoms with Gasteiger partial charge in [0.05, 0.1) is 22.8 Å². The van der Waals surface area contributed by atoms with Gasteiger partial charge in [-0.25, -0.2) is 0 Å². The molecule has 4 N–H and O–H groups in total. The van der Waals surface area contributed by atoms with Crippen LogP contribution in [0.5, 0.6) is 0 Å². The molecule has 0 unspecified atom stereocenters. The highest BCUT2D eigenvalue weighted by molar-refractivity contribution is 5.97. The molecule has 3 aromatic rings. The van der Waals surface area contributed by atoms with Crippen molar-refractivity contribution in [2.75, 3.05) is 0 Å². The number of carbonyl (C=O) groups excluding carboxylic acids is 1. The van der Waals surface area contributed by atoms with Crippen LogP contribution < -0.4 is 16.4 Å². The minimum Gasteiger partial charge on any atom is -0.345 e. The molecule has 2 aromatic heterocycles. The molecule has 0 saturated carbocycles. The normalized spacial score (nSPS) is 12.3. The van der Waals surface area contributed by atoms with E-state index in [-0.39, 0.29) is 11.9 Å². The van der Waals surface area contributed by atoms with Crippen molar-refractivity contribution in [3.05, 3.63) is 61.4 Å². The zero-order valence-corrected chi connectivity index (χ0v) is 13.5. The third-order valence-electron chi connectivity index (χ3n) is 3.95. The predicted octanol–water partition coefficient (Wildman–Crippen LogP) is 1.05. The summed E-state index contributed by atoms with van der Waals surface area (Å²) >= 11 is 0. The number of rotatable bonds is 3. The lowest BCUT2D eigenvalue weighted by Crippen LogP contribution is -2.29. The number of aromatic nitrogens is 4. The third-order valence-corrected chi connectivity index (χ3v) is 3.95. The van der Waals surface area contributed by atoms with Crippen LogP contribution in [0, 0.1) is 13.8 Å². The maximum Gasteiger partial charge on any atom is 0.314 e. The number of nitrogens with zero attached hydrogens (tertiary/aromatic N) is 1. The molecular formula is C16H17N5O3. The van der Waals surface area contributed by atoms with Crippen molar-refractivity contribution in [2.45, 2.75) is 26.8 Å². The number of fused-ring (bicyclic) bond motifs is 1. The Morgan fingerprint density at radius 1 is 1.12 bits per heavy atom. The van der Waals surface area contributed by atoms with Gasteiger partial charge in [-0.05, 0) is 39.0 Å². The molecule has 0 spiro atoms. The molecular weight excluding hydrogens is 310 g/mol. The SMILES string of the molecule is Cc1n[nH]c(C)c1[C@H](C)NC(=O)c1ccc2[nH]c(=O)c(=O)[nH]c2c1. The zero-order chi connectivity index (χ0) is 17.4. The lowest BCUT2D eigenvalue weighted by molar-refractivity contribution is 0.0940. The molecule has 1 amide bonds. The number of benzene rings is 1. The highest BCUT2D eigenvalue weighted by Crippen LogP contribution is 2.19. The lowest BCUT2D eigenvalue weighted by atomic mass is 10.1. The monoisotopic (exact) mass is 327 g/mol. The van der Waals surface area contributed by atoms with Gasteiger partial charge < -0.3 is 15.3 Å². The maximum absolute atomic E-state index is 12.5. The van der Waals surface area contributed by atoms with Gasteiger partial charge in [-0.15, -0.1) is 0 Å². The molecule has 1 aromatic carbocycles. The standard InChI is InChI=1S/C16H17N5O3/c1-7(13-8(2)20-21-9(13)3)17-14(22)10-4-5-11-12(6-10)19-16(24)15(23)18-11/h4-7H,1-3H3,(H,17,22)(H,18,23)(H,19,24)(H,20,21)/t7-/m0/s1. The highest BCUT2D eigenvalue weighted by atomic mass is 16.2. The third kappa shape index (κ3) is 2.73. The first-order valence-electron chi connectivity index (χ1n) is 7.45. The lowest BCUT2D eigenvalue weighted by Gasteiger charge is -2.14. The predicted molar refractivity (Wildman–Crippen MR) is 89.1 cm³/mol. The first-order chi connectivity index (χ1) is 11.4. The maximum atomic E-state index is 12.5. The fourth-order valence-corrected chi connectivity index (χ4v) is 2.81. The smallest absolute Gasteiger partial charge is 0.314 e. The molecule has 0 bridgehead atoms. The van der Waals surface area contributed by atoms with Gasteiger partial charge in [-0.1, -0.05) is 0 Å². The summed E-state index contributed by atoms with van der Waals surface area (Å²) < 4.78 is 0. The number of aryl methyl sites for hydroxylation is 2. The van der Waals surface area contributed by atoms with E-state index in [1.54, 1.807) is 12.1 Å². The Morgan fingerprint density at radius 2 is 1.79 bits per heavy atom. The number of H-pyrrole nitrogens is 3. The average Bonchev–Trinajstić information content (AvgIpc) is 2.87. The Labute approximate surface area is 136 Å². The Hall–Kier alpha value is -3.16. The van der Waals surface area contributed by atoms with E-state index in [4.69, 9.17) is 0 Å². The fourth-order valence-electron chi connectivity index (χ4n) is 2.81. The Kier molecular flexibility index (Phi) is 3.80. The second-order valence-corrected chi connectivity index (χ2v) is 5.71. The van der Waals surface area contributed by atoms with Crippen molar-refractivity contribution in [3.8, 4) is 0 Å². The molecule has 3 rings (SSSR count). The summed E-state index contributed by atoms with van der Waals surface area (Å²) in [5, 5.41) is 9.93. The number of nitrogens with one attached hydrogen (secondary N) is 4. The van der Waals surface area contributed by atoms with E-state index >= 15 is 0 Å². The van der Waals surface area contributed by atoms with Crippen molar-refractivity contribution in [1.82, 2.24) is 25.5 Å². The molecule has 0 aliphatic heterocycles. The molecule has 0 fully saturated rings. The van der Waals surface area contributed by atoms with Crippen LogP contribution in [-0.4, -0.2) is 26.1 Å². The molecule has 0 saturated heterocycles. The number of hydrogen-bond donors (Lipinski definition) is 4. The zero-order valence-electron chi connectivity index (χ0n) is 13.5. The van der Waals surface area contributed by atoms with Gasteiger partial charge in [0, 0.05) is 16.8 Å². The molecule has 0 aliphatic carbocycles. The van der Waals surface area contributed by atoms with Crippen LogP contribution >= 0.6 is 0 Å². The van der Waals surface area contributed by atoms with E-state index < -0.39 is 11.1 Å². The minimum atomic E-state index is -0.752. The number of carbonyl (C=O) groups is 1. The number of aromatic amines is 3.